The van der Waals surface area contributed by atoms with Crippen LogP contribution in [-0.2, 0) is 0 Å². The Bertz CT molecular complexity index is 714. The first kappa shape index (κ1) is 16.8. The van der Waals surface area contributed by atoms with Crippen LogP contribution in [0.4, 0.5) is 0 Å². The Hall–Kier alpha value is -1.04. The van der Waals surface area contributed by atoms with E-state index in [1.807, 2.05) is 29.2 Å². The summed E-state index contributed by atoms with van der Waals surface area (Å²) in [5.41, 5.74) is 1.19. The van der Waals surface area contributed by atoms with Crippen molar-refractivity contribution in [3.63, 3.8) is 0 Å². The number of piperidine rings is 1. The molecule has 2 fully saturated rings. The molecular weight excluding hydrogens is 380 g/mol. The van der Waals surface area contributed by atoms with E-state index in [0.717, 1.165) is 54.5 Å². The minimum absolute atomic E-state index is 0. The molecule has 0 atom stereocenters. The Morgan fingerprint density at radius 2 is 2.00 bits per heavy atom. The number of furan rings is 1. The summed E-state index contributed by atoms with van der Waals surface area (Å²) in [4.78, 5) is 14.6. The van der Waals surface area contributed by atoms with Gasteiger partial charge < -0.3 is 14.6 Å². The largest absolute Gasteiger partial charge is 0.451 e. The van der Waals surface area contributed by atoms with Crippen LogP contribution >= 0.6 is 28.3 Å². The fourth-order valence-corrected chi connectivity index (χ4v) is 4.06. The third kappa shape index (κ3) is 3.14. The Balaban J connectivity index is 0.00000156. The van der Waals surface area contributed by atoms with Gasteiger partial charge >= 0.3 is 0 Å². The summed E-state index contributed by atoms with van der Waals surface area (Å²) in [7, 11) is 0. The summed E-state index contributed by atoms with van der Waals surface area (Å²) < 4.78 is 6.72. The zero-order chi connectivity index (χ0) is 15.2. The van der Waals surface area contributed by atoms with Crippen molar-refractivity contribution < 1.29 is 9.21 Å². The van der Waals surface area contributed by atoms with Gasteiger partial charge in [-0.15, -0.1) is 12.4 Å². The number of benzene rings is 1. The molecule has 124 valence electrons. The summed E-state index contributed by atoms with van der Waals surface area (Å²) in [6.45, 7) is 3.89. The number of amides is 1. The molecule has 1 aromatic heterocycles. The summed E-state index contributed by atoms with van der Waals surface area (Å²) in [5, 5.41) is 4.42. The number of rotatable bonds is 1. The molecule has 6 heteroatoms. The highest BCUT2D eigenvalue weighted by atomic mass is 79.9. The molecule has 0 bridgehead atoms. The van der Waals surface area contributed by atoms with Gasteiger partial charge in [0.15, 0.2) is 5.76 Å². The zero-order valence-corrected chi connectivity index (χ0v) is 15.2. The van der Waals surface area contributed by atoms with E-state index in [4.69, 9.17) is 4.42 Å². The van der Waals surface area contributed by atoms with Gasteiger partial charge in [0.25, 0.3) is 5.91 Å². The average molecular weight is 400 g/mol. The van der Waals surface area contributed by atoms with E-state index in [2.05, 4.69) is 21.2 Å². The Kier molecular flexibility index (Phi) is 4.72. The third-order valence-corrected chi connectivity index (χ3v) is 5.63. The standard InChI is InChI=1S/C17H19BrN2O2.ClH/c18-13-1-2-14-12(9-13)10-15(22-14)16(21)20-7-4-17(5-8-20)3-6-19-11-17;/h1-2,9-10,19H,3-8,11H2;1H. The van der Waals surface area contributed by atoms with Crippen LogP contribution in [0.15, 0.2) is 33.2 Å². The molecular formula is C17H20BrClN2O2. The molecule has 2 aromatic rings. The van der Waals surface area contributed by atoms with Crippen molar-refractivity contribution in [3.05, 3.63) is 34.5 Å². The van der Waals surface area contributed by atoms with Gasteiger partial charge in [0, 0.05) is 29.5 Å². The van der Waals surface area contributed by atoms with Crippen molar-refractivity contribution in [2.24, 2.45) is 5.41 Å². The van der Waals surface area contributed by atoms with Crippen LogP contribution in [0.3, 0.4) is 0 Å². The quantitative estimate of drug-likeness (QED) is 0.792. The van der Waals surface area contributed by atoms with Gasteiger partial charge in [-0.25, -0.2) is 0 Å². The molecule has 4 rings (SSSR count). The van der Waals surface area contributed by atoms with E-state index in [0.29, 0.717) is 11.2 Å². The van der Waals surface area contributed by atoms with Gasteiger partial charge in [-0.2, -0.15) is 0 Å². The van der Waals surface area contributed by atoms with E-state index in [1.165, 1.54) is 6.42 Å². The second kappa shape index (κ2) is 6.46. The lowest BCUT2D eigenvalue weighted by atomic mass is 9.78. The van der Waals surface area contributed by atoms with Crippen LogP contribution < -0.4 is 5.32 Å². The van der Waals surface area contributed by atoms with Gasteiger partial charge in [-0.3, -0.25) is 4.79 Å². The number of carbonyl (C=O) groups is 1. The number of hydrogen-bond acceptors (Lipinski definition) is 3. The van der Waals surface area contributed by atoms with Crippen LogP contribution in [0, 0.1) is 5.41 Å². The number of carbonyl (C=O) groups excluding carboxylic acids is 1. The SMILES string of the molecule is Cl.O=C(c1cc2cc(Br)ccc2o1)N1CCC2(CCNC2)CC1. The molecule has 2 aliphatic rings. The van der Waals surface area contributed by atoms with Crippen molar-refractivity contribution in [1.29, 1.82) is 0 Å². The van der Waals surface area contributed by atoms with Crippen LogP contribution in [0.2, 0.25) is 0 Å². The summed E-state index contributed by atoms with van der Waals surface area (Å²) in [6.07, 6.45) is 3.43. The lowest BCUT2D eigenvalue weighted by Crippen LogP contribution is -2.43. The first-order valence-electron chi connectivity index (χ1n) is 7.84. The second-order valence-corrected chi connectivity index (χ2v) is 7.43. The predicted octanol–water partition coefficient (Wildman–Crippen LogP) is 3.83. The van der Waals surface area contributed by atoms with Gasteiger partial charge in [-0.05, 0) is 55.5 Å². The van der Waals surface area contributed by atoms with Crippen LogP contribution in [-0.4, -0.2) is 37.0 Å². The van der Waals surface area contributed by atoms with Crippen molar-refractivity contribution in [1.82, 2.24) is 10.2 Å². The number of halogens is 2. The lowest BCUT2D eigenvalue weighted by molar-refractivity contribution is 0.0579. The van der Waals surface area contributed by atoms with Crippen LogP contribution in [0.1, 0.15) is 29.8 Å². The van der Waals surface area contributed by atoms with E-state index in [-0.39, 0.29) is 18.3 Å². The highest BCUT2D eigenvalue weighted by Gasteiger charge is 2.38. The molecule has 1 spiro atoms. The summed E-state index contributed by atoms with van der Waals surface area (Å²) in [6, 6.07) is 7.65. The molecule has 0 saturated carbocycles. The zero-order valence-electron chi connectivity index (χ0n) is 12.8. The van der Waals surface area contributed by atoms with Crippen LogP contribution in [0.25, 0.3) is 11.0 Å². The van der Waals surface area contributed by atoms with Crippen molar-refractivity contribution >= 4 is 45.2 Å². The maximum Gasteiger partial charge on any atom is 0.289 e. The maximum absolute atomic E-state index is 12.7. The fourth-order valence-electron chi connectivity index (χ4n) is 3.68. The highest BCUT2D eigenvalue weighted by Crippen LogP contribution is 2.37. The van der Waals surface area contributed by atoms with Crippen LogP contribution in [0.5, 0.6) is 0 Å². The maximum atomic E-state index is 12.7. The predicted molar refractivity (Wildman–Crippen MR) is 96.2 cm³/mol. The van der Waals surface area contributed by atoms with Crippen molar-refractivity contribution in [3.8, 4) is 0 Å². The number of fused-ring (bicyclic) bond motifs is 1. The number of nitrogens with one attached hydrogen (secondary N) is 1. The molecule has 4 nitrogen and oxygen atoms in total. The van der Waals surface area contributed by atoms with E-state index in [9.17, 15) is 4.79 Å². The third-order valence-electron chi connectivity index (χ3n) is 5.13. The minimum atomic E-state index is 0. The monoisotopic (exact) mass is 398 g/mol. The molecule has 0 radical (unpaired) electrons. The Labute approximate surface area is 150 Å². The van der Waals surface area contributed by atoms with Crippen molar-refractivity contribution in [2.45, 2.75) is 19.3 Å². The normalized spacial score (nSPS) is 20.0. The Morgan fingerprint density at radius 3 is 2.70 bits per heavy atom. The van der Waals surface area contributed by atoms with E-state index < -0.39 is 0 Å². The fraction of sp³-hybridized carbons (Fsp3) is 0.471. The van der Waals surface area contributed by atoms with Gasteiger partial charge in [-0.1, -0.05) is 15.9 Å². The molecule has 1 amide bonds. The van der Waals surface area contributed by atoms with Gasteiger partial charge in [0.05, 0.1) is 0 Å². The Morgan fingerprint density at radius 1 is 1.22 bits per heavy atom. The highest BCUT2D eigenvalue weighted by molar-refractivity contribution is 9.10. The molecule has 3 heterocycles. The first-order chi connectivity index (χ1) is 10.7. The molecule has 2 saturated heterocycles. The molecule has 1 N–H and O–H groups in total. The molecule has 23 heavy (non-hydrogen) atoms. The first-order valence-corrected chi connectivity index (χ1v) is 8.64. The van der Waals surface area contributed by atoms with E-state index >= 15 is 0 Å². The second-order valence-electron chi connectivity index (χ2n) is 6.51. The topological polar surface area (TPSA) is 45.5 Å². The molecule has 1 aromatic carbocycles. The number of likely N-dealkylation sites (tertiary alicyclic amines) is 1. The van der Waals surface area contributed by atoms with Crippen molar-refractivity contribution in [2.75, 3.05) is 26.2 Å². The average Bonchev–Trinajstić information content (AvgIpc) is 3.14. The number of nitrogens with zero attached hydrogens (tertiary/aromatic N) is 1. The molecule has 2 aliphatic heterocycles. The summed E-state index contributed by atoms with van der Waals surface area (Å²) in [5.74, 6) is 0.474. The smallest absolute Gasteiger partial charge is 0.289 e. The summed E-state index contributed by atoms with van der Waals surface area (Å²) >= 11 is 3.45. The molecule has 0 aliphatic carbocycles. The molecule has 0 unspecified atom stereocenters. The van der Waals surface area contributed by atoms with Gasteiger partial charge in [0.2, 0.25) is 0 Å². The number of hydrogen-bond donors (Lipinski definition) is 1. The minimum Gasteiger partial charge on any atom is -0.451 e. The lowest BCUT2D eigenvalue weighted by Gasteiger charge is -2.38. The van der Waals surface area contributed by atoms with Gasteiger partial charge in [0.1, 0.15) is 5.58 Å². The van der Waals surface area contributed by atoms with E-state index in [1.54, 1.807) is 0 Å².